The molecule has 2 aliphatic heterocycles. The number of hydrogen-bond donors (Lipinski definition) is 1. The number of carboxylic acid groups (broad SMARTS) is 1. The number of benzene rings is 1. The Hall–Kier alpha value is -2.41. The molecule has 7 nitrogen and oxygen atoms in total. The fraction of sp³-hybridized carbons (Fsp3) is 0.526. The first-order valence-electron chi connectivity index (χ1n) is 8.91. The van der Waals surface area contributed by atoms with Gasteiger partial charge >= 0.3 is 5.97 Å². The number of hydrogen-bond acceptors (Lipinski definition) is 4. The average molecular weight is 360 g/mol. The Labute approximate surface area is 152 Å². The maximum absolute atomic E-state index is 13.0. The molecule has 3 rings (SSSR count). The number of nitrogens with zero attached hydrogens (tertiary/aromatic N) is 2. The van der Waals surface area contributed by atoms with Crippen LogP contribution in [0, 0.1) is 6.92 Å². The van der Waals surface area contributed by atoms with Gasteiger partial charge in [-0.15, -0.1) is 0 Å². The van der Waals surface area contributed by atoms with Crippen molar-refractivity contribution in [3.8, 4) is 0 Å². The molecule has 2 heterocycles. The number of rotatable bonds is 5. The summed E-state index contributed by atoms with van der Waals surface area (Å²) in [5, 5.41) is 8.93. The van der Waals surface area contributed by atoms with Gasteiger partial charge in [0, 0.05) is 26.1 Å². The number of amides is 2. The van der Waals surface area contributed by atoms with E-state index in [2.05, 4.69) is 0 Å². The van der Waals surface area contributed by atoms with E-state index in [1.165, 1.54) is 0 Å². The highest BCUT2D eigenvalue weighted by molar-refractivity contribution is 5.91. The van der Waals surface area contributed by atoms with Crippen LogP contribution in [0.15, 0.2) is 24.3 Å². The molecule has 2 fully saturated rings. The predicted molar refractivity (Wildman–Crippen MR) is 93.3 cm³/mol. The van der Waals surface area contributed by atoms with Crippen LogP contribution in [0.1, 0.15) is 30.4 Å². The molecule has 2 atom stereocenters. The lowest BCUT2D eigenvalue weighted by Gasteiger charge is -2.35. The Morgan fingerprint density at radius 1 is 1.27 bits per heavy atom. The lowest BCUT2D eigenvalue weighted by atomic mass is 10.1. The van der Waals surface area contributed by atoms with Crippen LogP contribution < -0.4 is 0 Å². The van der Waals surface area contributed by atoms with Crippen LogP contribution in [0.5, 0.6) is 0 Å². The second-order valence-corrected chi connectivity index (χ2v) is 6.94. The molecule has 0 radical (unpaired) electrons. The second-order valence-electron chi connectivity index (χ2n) is 6.94. The number of ether oxygens (including phenoxy) is 1. The van der Waals surface area contributed by atoms with Gasteiger partial charge in [0.15, 0.2) is 0 Å². The number of likely N-dealkylation sites (tertiary alicyclic amines) is 1. The second kappa shape index (κ2) is 7.86. The van der Waals surface area contributed by atoms with Gasteiger partial charge in [-0.2, -0.15) is 0 Å². The molecule has 0 aliphatic carbocycles. The molecule has 1 aromatic rings. The molecular weight excluding hydrogens is 336 g/mol. The molecule has 2 aliphatic rings. The highest BCUT2D eigenvalue weighted by Crippen LogP contribution is 2.24. The summed E-state index contributed by atoms with van der Waals surface area (Å²) in [7, 11) is 0. The molecular formula is C19H24N2O5. The highest BCUT2D eigenvalue weighted by Gasteiger charge is 2.39. The molecule has 26 heavy (non-hydrogen) atoms. The zero-order valence-corrected chi connectivity index (χ0v) is 14.9. The van der Waals surface area contributed by atoms with Crippen molar-refractivity contribution >= 4 is 17.8 Å². The average Bonchev–Trinajstić information content (AvgIpc) is 2.96. The van der Waals surface area contributed by atoms with E-state index in [1.54, 1.807) is 9.80 Å². The number of carbonyl (C=O) groups excluding carboxylic acids is 2. The van der Waals surface area contributed by atoms with Gasteiger partial charge in [0.25, 0.3) is 0 Å². The van der Waals surface area contributed by atoms with Gasteiger partial charge in [-0.05, 0) is 18.9 Å². The van der Waals surface area contributed by atoms with E-state index in [-0.39, 0.29) is 24.8 Å². The quantitative estimate of drug-likeness (QED) is 0.852. The van der Waals surface area contributed by atoms with Crippen molar-refractivity contribution in [3.05, 3.63) is 35.4 Å². The van der Waals surface area contributed by atoms with Crippen LogP contribution >= 0.6 is 0 Å². The minimum atomic E-state index is -0.943. The molecule has 140 valence electrons. The zero-order valence-electron chi connectivity index (χ0n) is 14.9. The van der Waals surface area contributed by atoms with Gasteiger partial charge in [-0.25, -0.2) is 0 Å². The van der Waals surface area contributed by atoms with Crippen LogP contribution in [0.25, 0.3) is 0 Å². The molecule has 0 saturated carbocycles. The summed E-state index contributed by atoms with van der Waals surface area (Å²) in [4.78, 5) is 39.4. The van der Waals surface area contributed by atoms with Crippen molar-refractivity contribution < 1.29 is 24.2 Å². The van der Waals surface area contributed by atoms with Gasteiger partial charge in [-0.1, -0.05) is 29.8 Å². The van der Waals surface area contributed by atoms with Gasteiger partial charge in [0.05, 0.1) is 19.1 Å². The number of aryl methyl sites for hydroxylation is 1. The van der Waals surface area contributed by atoms with E-state index in [9.17, 15) is 14.4 Å². The van der Waals surface area contributed by atoms with Gasteiger partial charge in [0.2, 0.25) is 11.8 Å². The fourth-order valence-corrected chi connectivity index (χ4v) is 3.53. The maximum Gasteiger partial charge on any atom is 0.306 e. The molecule has 7 heteroatoms. The van der Waals surface area contributed by atoms with Crippen LogP contribution in [-0.4, -0.2) is 64.5 Å². The van der Waals surface area contributed by atoms with E-state index < -0.39 is 18.1 Å². The third-order valence-electron chi connectivity index (χ3n) is 4.94. The van der Waals surface area contributed by atoms with Gasteiger partial charge in [0.1, 0.15) is 6.04 Å². The van der Waals surface area contributed by atoms with Gasteiger partial charge in [-0.3, -0.25) is 14.4 Å². The van der Waals surface area contributed by atoms with Crippen LogP contribution in [0.2, 0.25) is 0 Å². The van der Waals surface area contributed by atoms with E-state index in [1.807, 2.05) is 31.2 Å². The smallest absolute Gasteiger partial charge is 0.306 e. The van der Waals surface area contributed by atoms with E-state index in [4.69, 9.17) is 9.84 Å². The summed E-state index contributed by atoms with van der Waals surface area (Å²) >= 11 is 0. The SMILES string of the molecule is Cc1ccc(CN2C(=O)CC[C@H]2C(=O)N2CCO[C@H](CC(=O)O)C2)cc1. The molecule has 0 spiro atoms. The lowest BCUT2D eigenvalue weighted by molar-refractivity contribution is -0.151. The van der Waals surface area contributed by atoms with Crippen molar-refractivity contribution in [3.63, 3.8) is 0 Å². The highest BCUT2D eigenvalue weighted by atomic mass is 16.5. The van der Waals surface area contributed by atoms with Crippen molar-refractivity contribution in [2.24, 2.45) is 0 Å². The summed E-state index contributed by atoms with van der Waals surface area (Å²) in [6, 6.07) is 7.45. The third kappa shape index (κ3) is 4.22. The third-order valence-corrected chi connectivity index (χ3v) is 4.94. The van der Waals surface area contributed by atoms with Crippen molar-refractivity contribution in [1.82, 2.24) is 9.80 Å². The first kappa shape index (κ1) is 18.4. The van der Waals surface area contributed by atoms with Crippen molar-refractivity contribution in [2.45, 2.75) is 44.9 Å². The van der Waals surface area contributed by atoms with Gasteiger partial charge < -0.3 is 19.6 Å². The standard InChI is InChI=1S/C19H24N2O5/c1-13-2-4-14(5-3-13)11-21-16(6-7-17(21)22)19(25)20-8-9-26-15(12-20)10-18(23)24/h2-5,15-16H,6-12H2,1H3,(H,23,24)/t15-,16+/m1/s1. The first-order valence-corrected chi connectivity index (χ1v) is 8.91. The van der Waals surface area contributed by atoms with Crippen molar-refractivity contribution in [2.75, 3.05) is 19.7 Å². The summed E-state index contributed by atoms with van der Waals surface area (Å²) < 4.78 is 5.43. The molecule has 0 unspecified atom stereocenters. The van der Waals surface area contributed by atoms with E-state index in [0.29, 0.717) is 32.5 Å². The first-order chi connectivity index (χ1) is 12.4. The van der Waals surface area contributed by atoms with Crippen molar-refractivity contribution in [1.29, 1.82) is 0 Å². The van der Waals surface area contributed by atoms with Crippen LogP contribution in [0.3, 0.4) is 0 Å². The van der Waals surface area contributed by atoms with Crippen LogP contribution in [0.4, 0.5) is 0 Å². The Bertz CT molecular complexity index is 688. The predicted octanol–water partition coefficient (Wildman–Crippen LogP) is 1.19. The van der Waals surface area contributed by atoms with E-state index in [0.717, 1.165) is 11.1 Å². The molecule has 2 amide bonds. The monoisotopic (exact) mass is 360 g/mol. The molecule has 0 aromatic heterocycles. The Kier molecular flexibility index (Phi) is 5.56. The largest absolute Gasteiger partial charge is 0.481 e. The van der Waals surface area contributed by atoms with Crippen LogP contribution in [-0.2, 0) is 25.7 Å². The number of carbonyl (C=O) groups is 3. The normalized spacial score (nSPS) is 23.3. The summed E-state index contributed by atoms with van der Waals surface area (Å²) in [5.41, 5.74) is 2.14. The minimum Gasteiger partial charge on any atom is -0.481 e. The lowest BCUT2D eigenvalue weighted by Crippen LogP contribution is -2.52. The molecule has 0 bridgehead atoms. The zero-order chi connectivity index (χ0) is 18.7. The summed E-state index contributed by atoms with van der Waals surface area (Å²) in [6.07, 6.45) is 0.253. The summed E-state index contributed by atoms with van der Waals surface area (Å²) in [6.45, 7) is 3.43. The topological polar surface area (TPSA) is 87.2 Å². The Morgan fingerprint density at radius 2 is 2.00 bits per heavy atom. The summed E-state index contributed by atoms with van der Waals surface area (Å²) in [5.74, 6) is -1.07. The van der Waals surface area contributed by atoms with E-state index >= 15 is 0 Å². The number of aliphatic carboxylic acids is 1. The molecule has 2 saturated heterocycles. The molecule has 1 aromatic carbocycles. The number of morpholine rings is 1. The number of carboxylic acids is 1. The Balaban J connectivity index is 1.67. The Morgan fingerprint density at radius 3 is 2.69 bits per heavy atom. The maximum atomic E-state index is 13.0. The molecule has 1 N–H and O–H groups in total. The fourth-order valence-electron chi connectivity index (χ4n) is 3.53. The minimum absolute atomic E-state index is 0.0146.